The van der Waals surface area contributed by atoms with Crippen molar-refractivity contribution in [2.45, 2.75) is 25.7 Å². The number of rotatable bonds is 4. The highest BCUT2D eigenvalue weighted by molar-refractivity contribution is 5.90. The minimum Gasteiger partial charge on any atom is -0.491 e. The number of pyridine rings is 1. The quantitative estimate of drug-likeness (QED) is 0.847. The molecule has 0 atom stereocenters. The summed E-state index contributed by atoms with van der Waals surface area (Å²) in [6.45, 7) is 0.603. The van der Waals surface area contributed by atoms with Crippen molar-refractivity contribution in [2.24, 2.45) is 5.92 Å². The van der Waals surface area contributed by atoms with E-state index < -0.39 is 5.97 Å². The Kier molecular flexibility index (Phi) is 3.39. The third kappa shape index (κ3) is 2.51. The van der Waals surface area contributed by atoms with Gasteiger partial charge >= 0.3 is 5.97 Å². The lowest BCUT2D eigenvalue weighted by Gasteiger charge is -2.12. The second-order valence-corrected chi connectivity index (χ2v) is 4.14. The fraction of sp³-hybridized carbons (Fsp3) is 0.500. The maximum Gasteiger partial charge on any atom is 0.339 e. The van der Waals surface area contributed by atoms with Crippen LogP contribution in [-0.4, -0.2) is 22.7 Å². The van der Waals surface area contributed by atoms with Gasteiger partial charge in [0.2, 0.25) is 0 Å². The zero-order valence-corrected chi connectivity index (χ0v) is 9.06. The van der Waals surface area contributed by atoms with Crippen LogP contribution in [0.3, 0.4) is 0 Å². The standard InChI is InChI=1S/C12H15NO3/c14-12(15)10-5-6-13-7-11(10)16-8-9-3-1-2-4-9/h5-7,9H,1-4,8H2,(H,14,15). The van der Waals surface area contributed by atoms with Crippen LogP contribution in [0.4, 0.5) is 0 Å². The van der Waals surface area contributed by atoms with Crippen molar-refractivity contribution in [1.82, 2.24) is 4.98 Å². The van der Waals surface area contributed by atoms with Crippen molar-refractivity contribution in [3.05, 3.63) is 24.0 Å². The van der Waals surface area contributed by atoms with Gasteiger partial charge in [-0.05, 0) is 24.8 Å². The summed E-state index contributed by atoms with van der Waals surface area (Å²) in [7, 11) is 0. The Morgan fingerprint density at radius 1 is 1.50 bits per heavy atom. The lowest BCUT2D eigenvalue weighted by atomic mass is 10.1. The first-order chi connectivity index (χ1) is 7.77. The zero-order valence-electron chi connectivity index (χ0n) is 9.06. The number of aromatic nitrogens is 1. The number of carboxylic acids is 1. The van der Waals surface area contributed by atoms with Crippen molar-refractivity contribution in [2.75, 3.05) is 6.61 Å². The van der Waals surface area contributed by atoms with Crippen LogP contribution in [0.1, 0.15) is 36.0 Å². The third-order valence-corrected chi connectivity index (χ3v) is 2.96. The van der Waals surface area contributed by atoms with Crippen LogP contribution in [0.2, 0.25) is 0 Å². The first-order valence-corrected chi connectivity index (χ1v) is 5.57. The fourth-order valence-electron chi connectivity index (χ4n) is 2.06. The van der Waals surface area contributed by atoms with E-state index in [0.717, 1.165) is 0 Å². The van der Waals surface area contributed by atoms with E-state index in [1.165, 1.54) is 44.1 Å². The third-order valence-electron chi connectivity index (χ3n) is 2.96. The van der Waals surface area contributed by atoms with E-state index in [0.29, 0.717) is 18.3 Å². The van der Waals surface area contributed by atoms with Crippen molar-refractivity contribution >= 4 is 5.97 Å². The lowest BCUT2D eigenvalue weighted by molar-refractivity contribution is 0.0691. The molecule has 1 heterocycles. The second-order valence-electron chi connectivity index (χ2n) is 4.14. The van der Waals surface area contributed by atoms with Crippen LogP contribution < -0.4 is 4.74 Å². The molecule has 0 amide bonds. The summed E-state index contributed by atoms with van der Waals surface area (Å²) in [5.74, 6) is -0.0208. The van der Waals surface area contributed by atoms with Gasteiger partial charge in [-0.25, -0.2) is 4.79 Å². The minimum atomic E-state index is -0.969. The van der Waals surface area contributed by atoms with E-state index in [9.17, 15) is 4.79 Å². The largest absolute Gasteiger partial charge is 0.491 e. The molecule has 1 aromatic heterocycles. The molecule has 0 bridgehead atoms. The molecule has 86 valence electrons. The predicted octanol–water partition coefficient (Wildman–Crippen LogP) is 2.35. The number of nitrogens with zero attached hydrogens (tertiary/aromatic N) is 1. The molecule has 0 saturated heterocycles. The summed E-state index contributed by atoms with van der Waals surface area (Å²) in [5, 5.41) is 8.95. The number of carbonyl (C=O) groups is 1. The molecule has 2 rings (SSSR count). The molecule has 1 saturated carbocycles. The van der Waals surface area contributed by atoms with Crippen molar-refractivity contribution in [1.29, 1.82) is 0 Å². The molecule has 0 radical (unpaired) electrons. The van der Waals surface area contributed by atoms with Gasteiger partial charge in [-0.2, -0.15) is 0 Å². The first kappa shape index (κ1) is 10.9. The summed E-state index contributed by atoms with van der Waals surface area (Å²) >= 11 is 0. The van der Waals surface area contributed by atoms with Gasteiger partial charge in [0, 0.05) is 6.20 Å². The lowest BCUT2D eigenvalue weighted by Crippen LogP contribution is -2.11. The molecule has 4 nitrogen and oxygen atoms in total. The molecule has 0 spiro atoms. The first-order valence-electron chi connectivity index (χ1n) is 5.57. The Hall–Kier alpha value is -1.58. The van der Waals surface area contributed by atoms with Gasteiger partial charge < -0.3 is 9.84 Å². The molecule has 1 N–H and O–H groups in total. The molecule has 4 heteroatoms. The fourth-order valence-corrected chi connectivity index (χ4v) is 2.06. The van der Waals surface area contributed by atoms with Crippen LogP contribution >= 0.6 is 0 Å². The summed E-state index contributed by atoms with van der Waals surface area (Å²) in [6.07, 6.45) is 7.81. The summed E-state index contributed by atoms with van der Waals surface area (Å²) in [6, 6.07) is 1.46. The van der Waals surface area contributed by atoms with Crippen LogP contribution in [0.25, 0.3) is 0 Å². The van der Waals surface area contributed by atoms with Gasteiger partial charge in [0.15, 0.2) is 5.75 Å². The SMILES string of the molecule is O=C(O)c1ccncc1OCC1CCCC1. The normalized spacial score (nSPS) is 16.2. The summed E-state index contributed by atoms with van der Waals surface area (Å²) < 4.78 is 5.54. The predicted molar refractivity (Wildman–Crippen MR) is 58.6 cm³/mol. The van der Waals surface area contributed by atoms with E-state index in [2.05, 4.69) is 4.98 Å². The molecule has 1 aromatic rings. The van der Waals surface area contributed by atoms with E-state index in [1.54, 1.807) is 0 Å². The molecular weight excluding hydrogens is 206 g/mol. The highest BCUT2D eigenvalue weighted by Crippen LogP contribution is 2.26. The minimum absolute atomic E-state index is 0.188. The summed E-state index contributed by atoms with van der Waals surface area (Å²) in [4.78, 5) is 14.8. The van der Waals surface area contributed by atoms with Gasteiger partial charge in [-0.3, -0.25) is 4.98 Å². The highest BCUT2D eigenvalue weighted by atomic mass is 16.5. The highest BCUT2D eigenvalue weighted by Gasteiger charge is 2.17. The van der Waals surface area contributed by atoms with Crippen molar-refractivity contribution in [3.8, 4) is 5.75 Å². The van der Waals surface area contributed by atoms with Crippen molar-refractivity contribution in [3.63, 3.8) is 0 Å². The van der Waals surface area contributed by atoms with Gasteiger partial charge in [0.1, 0.15) is 5.56 Å². The molecule has 1 aliphatic rings. The average Bonchev–Trinajstić information content (AvgIpc) is 2.79. The Labute approximate surface area is 94.3 Å². The van der Waals surface area contributed by atoms with Crippen LogP contribution in [0.15, 0.2) is 18.5 Å². The number of carboxylic acid groups (broad SMARTS) is 1. The van der Waals surface area contributed by atoms with Crippen LogP contribution in [0.5, 0.6) is 5.75 Å². The molecule has 0 unspecified atom stereocenters. The van der Waals surface area contributed by atoms with Crippen molar-refractivity contribution < 1.29 is 14.6 Å². The Morgan fingerprint density at radius 2 is 2.25 bits per heavy atom. The molecule has 16 heavy (non-hydrogen) atoms. The second kappa shape index (κ2) is 4.96. The van der Waals surface area contributed by atoms with E-state index in [4.69, 9.17) is 9.84 Å². The van der Waals surface area contributed by atoms with E-state index in [-0.39, 0.29) is 5.56 Å². The van der Waals surface area contributed by atoms with Gasteiger partial charge in [-0.15, -0.1) is 0 Å². The molecule has 1 fully saturated rings. The van der Waals surface area contributed by atoms with Crippen LogP contribution in [-0.2, 0) is 0 Å². The van der Waals surface area contributed by atoms with Gasteiger partial charge in [-0.1, -0.05) is 12.8 Å². The Morgan fingerprint density at radius 3 is 2.94 bits per heavy atom. The average molecular weight is 221 g/mol. The Bertz CT molecular complexity index is 372. The number of hydrogen-bond donors (Lipinski definition) is 1. The van der Waals surface area contributed by atoms with Crippen LogP contribution in [0, 0.1) is 5.92 Å². The molecule has 0 aromatic carbocycles. The summed E-state index contributed by atoms with van der Waals surface area (Å²) in [5.41, 5.74) is 0.188. The van der Waals surface area contributed by atoms with E-state index in [1.807, 2.05) is 0 Å². The number of aromatic carboxylic acids is 1. The van der Waals surface area contributed by atoms with E-state index >= 15 is 0 Å². The maximum absolute atomic E-state index is 10.9. The maximum atomic E-state index is 10.9. The zero-order chi connectivity index (χ0) is 11.4. The number of hydrogen-bond acceptors (Lipinski definition) is 3. The molecule has 0 aliphatic heterocycles. The molecule has 1 aliphatic carbocycles. The monoisotopic (exact) mass is 221 g/mol. The smallest absolute Gasteiger partial charge is 0.339 e. The topological polar surface area (TPSA) is 59.4 Å². The molecular formula is C12H15NO3. The number of ether oxygens (including phenoxy) is 1. The van der Waals surface area contributed by atoms with Gasteiger partial charge in [0.05, 0.1) is 12.8 Å². The van der Waals surface area contributed by atoms with Gasteiger partial charge in [0.25, 0.3) is 0 Å². The Balaban J connectivity index is 2.00.